The second-order valence-electron chi connectivity index (χ2n) is 16.0. The molecule has 6 heteroatoms. The lowest BCUT2D eigenvalue weighted by Gasteiger charge is -2.20. The molecule has 0 radical (unpaired) electrons. The third kappa shape index (κ3) is 5.41. The van der Waals surface area contributed by atoms with E-state index in [9.17, 15) is 0 Å². The van der Waals surface area contributed by atoms with E-state index in [1.165, 1.54) is 43.4 Å². The van der Waals surface area contributed by atoms with Crippen LogP contribution in [-0.2, 0) is 0 Å². The highest BCUT2D eigenvalue weighted by Crippen LogP contribution is 2.43. The van der Waals surface area contributed by atoms with Crippen LogP contribution in [-0.4, -0.2) is 28.7 Å². The van der Waals surface area contributed by atoms with Gasteiger partial charge in [0, 0.05) is 54.7 Å². The Kier molecular flexibility index (Phi) is 7.80. The number of hydrogen-bond acceptors (Lipinski definition) is 3. The predicted molar refractivity (Wildman–Crippen MR) is 259 cm³/mol. The molecule has 13 rings (SSSR count). The van der Waals surface area contributed by atoms with E-state index >= 15 is 0 Å². The largest absolute Gasteiger partial charge is 0.309 e. The third-order valence-electron chi connectivity index (χ3n) is 12.5. The van der Waals surface area contributed by atoms with Gasteiger partial charge in [0.25, 0.3) is 0 Å². The van der Waals surface area contributed by atoms with Crippen molar-refractivity contribution in [3.05, 3.63) is 218 Å². The molecule has 0 spiro atoms. The van der Waals surface area contributed by atoms with E-state index in [2.05, 4.69) is 196 Å². The zero-order chi connectivity index (χ0) is 41.4. The van der Waals surface area contributed by atoms with Gasteiger partial charge < -0.3 is 13.7 Å². The molecule has 0 saturated carbocycles. The van der Waals surface area contributed by atoms with Crippen LogP contribution in [0.15, 0.2) is 218 Å². The fraction of sp³-hybridized carbons (Fsp3) is 0. The summed E-state index contributed by atoms with van der Waals surface area (Å²) >= 11 is 0. The molecule has 0 N–H and O–H groups in total. The van der Waals surface area contributed by atoms with Gasteiger partial charge in [-0.3, -0.25) is 0 Å². The number of rotatable bonds is 6. The van der Waals surface area contributed by atoms with Crippen molar-refractivity contribution in [1.29, 1.82) is 0 Å². The first-order valence-electron chi connectivity index (χ1n) is 21.3. The zero-order valence-electron chi connectivity index (χ0n) is 34.0. The fourth-order valence-electron chi connectivity index (χ4n) is 9.78. The van der Waals surface area contributed by atoms with Gasteiger partial charge in [0.05, 0.1) is 44.5 Å². The van der Waals surface area contributed by atoms with E-state index in [0.29, 0.717) is 17.5 Å². The monoisotopic (exact) mass is 804 g/mol. The van der Waals surface area contributed by atoms with Crippen molar-refractivity contribution in [1.82, 2.24) is 28.7 Å². The molecular weight excluding hydrogens is 769 g/mol. The van der Waals surface area contributed by atoms with Crippen LogP contribution in [0.5, 0.6) is 0 Å². The van der Waals surface area contributed by atoms with Gasteiger partial charge in [0.2, 0.25) is 0 Å². The van der Waals surface area contributed by atoms with Crippen LogP contribution in [0.1, 0.15) is 0 Å². The number of nitrogens with zero attached hydrogens (tertiary/aromatic N) is 6. The maximum absolute atomic E-state index is 5.32. The predicted octanol–water partition coefficient (Wildman–Crippen LogP) is 14.2. The van der Waals surface area contributed by atoms with Crippen LogP contribution in [0, 0.1) is 0 Å². The van der Waals surface area contributed by atoms with Crippen molar-refractivity contribution in [2.24, 2.45) is 0 Å². The Morgan fingerprint density at radius 2 is 0.667 bits per heavy atom. The topological polar surface area (TPSA) is 53.5 Å². The lowest BCUT2D eigenvalue weighted by molar-refractivity contribution is 1.05. The summed E-state index contributed by atoms with van der Waals surface area (Å²) in [6.07, 6.45) is 0. The molecule has 63 heavy (non-hydrogen) atoms. The van der Waals surface area contributed by atoms with Crippen LogP contribution in [0.25, 0.3) is 117 Å². The summed E-state index contributed by atoms with van der Waals surface area (Å²) in [5.41, 5.74) is 12.6. The Bertz CT molecular complexity index is 3750. The van der Waals surface area contributed by atoms with Gasteiger partial charge in [0.1, 0.15) is 0 Å². The van der Waals surface area contributed by atoms with E-state index < -0.39 is 0 Å². The lowest BCUT2D eigenvalue weighted by atomic mass is 10.1. The summed E-state index contributed by atoms with van der Waals surface area (Å²) in [5.74, 6) is 1.83. The normalized spacial score (nSPS) is 11.8. The molecule has 294 valence electrons. The minimum absolute atomic E-state index is 0.593. The second kappa shape index (κ2) is 14.0. The van der Waals surface area contributed by atoms with Gasteiger partial charge in [-0.1, -0.05) is 158 Å². The molecule has 0 saturated heterocycles. The van der Waals surface area contributed by atoms with Crippen molar-refractivity contribution in [2.45, 2.75) is 0 Å². The van der Waals surface area contributed by atoms with Crippen molar-refractivity contribution in [2.75, 3.05) is 0 Å². The van der Waals surface area contributed by atoms with E-state index in [0.717, 1.165) is 55.8 Å². The Labute approximate surface area is 362 Å². The molecule has 0 amide bonds. The molecule has 0 atom stereocenters. The minimum Gasteiger partial charge on any atom is -0.309 e. The first-order valence-corrected chi connectivity index (χ1v) is 21.3. The number of aromatic nitrogens is 6. The number of para-hydroxylation sites is 6. The van der Waals surface area contributed by atoms with E-state index in [1.54, 1.807) is 0 Å². The van der Waals surface area contributed by atoms with Crippen LogP contribution in [0.4, 0.5) is 0 Å². The minimum atomic E-state index is 0.593. The Morgan fingerprint density at radius 3 is 1.17 bits per heavy atom. The van der Waals surface area contributed by atoms with Crippen LogP contribution < -0.4 is 0 Å². The standard InChI is InChI=1S/C57H36N6/c1-3-18-37(19-4-1)55-58-56(38-20-5-2-6-21-38)60-57(59-55)45-27-17-33-53(54(45)63-50-31-15-9-24-42(50)43-25-10-16-32-51(43)63)62-49-30-14-11-26-44(49)46-36-39(34-35-52(46)62)61-47-28-12-7-22-40(47)41-23-8-13-29-48(41)61/h1-36H. The molecule has 9 aromatic carbocycles. The Morgan fingerprint density at radius 1 is 0.270 bits per heavy atom. The maximum atomic E-state index is 5.32. The van der Waals surface area contributed by atoms with Gasteiger partial charge in [-0.25, -0.2) is 15.0 Å². The van der Waals surface area contributed by atoms with Crippen molar-refractivity contribution in [3.63, 3.8) is 0 Å². The first-order chi connectivity index (χ1) is 31.3. The third-order valence-corrected chi connectivity index (χ3v) is 12.5. The quantitative estimate of drug-likeness (QED) is 0.168. The summed E-state index contributed by atoms with van der Waals surface area (Å²) in [6, 6.07) is 77.4. The molecule has 6 nitrogen and oxygen atoms in total. The van der Waals surface area contributed by atoms with E-state index in [4.69, 9.17) is 15.0 Å². The highest BCUT2D eigenvalue weighted by atomic mass is 15.1. The summed E-state index contributed by atoms with van der Waals surface area (Å²) in [5, 5.41) is 7.18. The molecular formula is C57H36N6. The molecule has 0 aliphatic carbocycles. The Balaban J connectivity index is 1.14. The van der Waals surface area contributed by atoms with E-state index in [1.807, 2.05) is 36.4 Å². The van der Waals surface area contributed by atoms with Crippen LogP contribution >= 0.6 is 0 Å². The zero-order valence-corrected chi connectivity index (χ0v) is 34.0. The molecule has 0 bridgehead atoms. The van der Waals surface area contributed by atoms with Crippen molar-refractivity contribution < 1.29 is 0 Å². The summed E-state index contributed by atoms with van der Waals surface area (Å²) in [6.45, 7) is 0. The molecule has 0 aliphatic heterocycles. The summed E-state index contributed by atoms with van der Waals surface area (Å²) in [4.78, 5) is 15.7. The average molecular weight is 805 g/mol. The second-order valence-corrected chi connectivity index (χ2v) is 16.0. The highest BCUT2D eigenvalue weighted by molar-refractivity contribution is 6.14. The molecule has 0 unspecified atom stereocenters. The maximum Gasteiger partial charge on any atom is 0.166 e. The van der Waals surface area contributed by atoms with Gasteiger partial charge in [-0.05, 0) is 60.7 Å². The summed E-state index contributed by atoms with van der Waals surface area (Å²) < 4.78 is 7.24. The van der Waals surface area contributed by atoms with Gasteiger partial charge >= 0.3 is 0 Å². The number of fused-ring (bicyclic) bond motifs is 9. The molecule has 0 aliphatic rings. The summed E-state index contributed by atoms with van der Waals surface area (Å²) in [7, 11) is 0. The lowest BCUT2D eigenvalue weighted by Crippen LogP contribution is -2.08. The molecule has 4 aromatic heterocycles. The Hall–Kier alpha value is -8.61. The number of hydrogen-bond donors (Lipinski definition) is 0. The average Bonchev–Trinajstić information content (AvgIpc) is 4.00. The first kappa shape index (κ1) is 35.2. The van der Waals surface area contributed by atoms with E-state index in [-0.39, 0.29) is 0 Å². The van der Waals surface area contributed by atoms with Crippen molar-refractivity contribution in [3.8, 4) is 51.2 Å². The fourth-order valence-corrected chi connectivity index (χ4v) is 9.78. The van der Waals surface area contributed by atoms with Crippen LogP contribution in [0.3, 0.4) is 0 Å². The highest BCUT2D eigenvalue weighted by Gasteiger charge is 2.25. The smallest absolute Gasteiger partial charge is 0.166 e. The van der Waals surface area contributed by atoms with Gasteiger partial charge in [0.15, 0.2) is 17.5 Å². The molecule has 0 fully saturated rings. The van der Waals surface area contributed by atoms with Crippen molar-refractivity contribution >= 4 is 65.4 Å². The molecule has 13 aromatic rings. The molecule has 4 heterocycles. The van der Waals surface area contributed by atoms with Gasteiger partial charge in [-0.15, -0.1) is 0 Å². The van der Waals surface area contributed by atoms with Crippen LogP contribution in [0.2, 0.25) is 0 Å². The van der Waals surface area contributed by atoms with Gasteiger partial charge in [-0.2, -0.15) is 0 Å². The number of benzene rings is 9. The SMILES string of the molecule is c1ccc(-c2nc(-c3ccccc3)nc(-c3cccc(-n4c5ccccc5c5cc(-n6c7ccccc7c7ccccc76)ccc54)c3-n3c4ccccc4c4ccccc43)n2)cc1.